The molecular weight excluding hydrogens is 240 g/mol. The molecule has 4 heteroatoms. The molecule has 4 nitrogen and oxygen atoms in total. The molecule has 0 fully saturated rings. The van der Waals surface area contributed by atoms with Crippen LogP contribution < -0.4 is 10.6 Å². The molecule has 0 saturated carbocycles. The van der Waals surface area contributed by atoms with Crippen molar-refractivity contribution in [3.63, 3.8) is 0 Å². The number of carbonyl (C=O) groups excluding carboxylic acids is 1. The average Bonchev–Trinajstić information content (AvgIpc) is 2.45. The highest BCUT2D eigenvalue weighted by molar-refractivity contribution is 5.77. The van der Waals surface area contributed by atoms with Crippen molar-refractivity contribution in [1.82, 2.24) is 10.6 Å². The van der Waals surface area contributed by atoms with Gasteiger partial charge in [0, 0.05) is 13.2 Å². The lowest BCUT2D eigenvalue weighted by Gasteiger charge is -2.09. The Morgan fingerprint density at radius 3 is 2.74 bits per heavy atom. The zero-order valence-electron chi connectivity index (χ0n) is 11.6. The molecule has 1 aromatic carbocycles. The molecule has 0 radical (unpaired) electrons. The Labute approximate surface area is 115 Å². The van der Waals surface area contributed by atoms with E-state index in [9.17, 15) is 4.79 Å². The number of nitrogens with one attached hydrogen (secondary N) is 2. The van der Waals surface area contributed by atoms with Crippen molar-refractivity contribution in [2.75, 3.05) is 19.7 Å². The van der Waals surface area contributed by atoms with Crippen LogP contribution in [-0.4, -0.2) is 30.7 Å². The van der Waals surface area contributed by atoms with Crippen LogP contribution in [0.3, 0.4) is 0 Å². The highest BCUT2D eigenvalue weighted by atomic mass is 16.3. The largest absolute Gasteiger partial charge is 0.396 e. The zero-order valence-corrected chi connectivity index (χ0v) is 11.6. The van der Waals surface area contributed by atoms with Crippen LogP contribution in [0.25, 0.3) is 0 Å². The van der Waals surface area contributed by atoms with Crippen molar-refractivity contribution in [2.24, 2.45) is 5.92 Å². The van der Waals surface area contributed by atoms with Crippen LogP contribution in [0, 0.1) is 5.92 Å². The summed E-state index contributed by atoms with van der Waals surface area (Å²) in [6, 6.07) is 9.86. The number of hydrogen-bond acceptors (Lipinski definition) is 3. The molecule has 1 rings (SSSR count). The SMILES string of the molecule is CC(CO)CCCNCC(=O)NCc1ccccc1. The number of aliphatic hydroxyl groups is 1. The highest BCUT2D eigenvalue weighted by Gasteiger charge is 2.02. The fourth-order valence-corrected chi connectivity index (χ4v) is 1.73. The Kier molecular flexibility index (Phi) is 7.86. The number of hydrogen-bond donors (Lipinski definition) is 3. The normalized spacial score (nSPS) is 12.1. The molecule has 0 bridgehead atoms. The summed E-state index contributed by atoms with van der Waals surface area (Å²) in [4.78, 5) is 11.6. The first-order chi connectivity index (χ1) is 9.22. The number of benzene rings is 1. The second-order valence-corrected chi connectivity index (χ2v) is 4.87. The highest BCUT2D eigenvalue weighted by Crippen LogP contribution is 2.02. The van der Waals surface area contributed by atoms with Gasteiger partial charge in [-0.3, -0.25) is 4.79 Å². The average molecular weight is 264 g/mol. The topological polar surface area (TPSA) is 61.4 Å². The van der Waals surface area contributed by atoms with Gasteiger partial charge in [-0.05, 0) is 30.9 Å². The maximum atomic E-state index is 11.6. The molecule has 1 unspecified atom stereocenters. The standard InChI is InChI=1S/C15H24N2O2/c1-13(12-18)6-5-9-16-11-15(19)17-10-14-7-3-2-4-8-14/h2-4,7-8,13,16,18H,5-6,9-12H2,1H3,(H,17,19). The smallest absolute Gasteiger partial charge is 0.234 e. The van der Waals surface area contributed by atoms with Crippen molar-refractivity contribution in [3.8, 4) is 0 Å². The van der Waals surface area contributed by atoms with Gasteiger partial charge < -0.3 is 15.7 Å². The molecule has 106 valence electrons. The molecule has 0 aromatic heterocycles. The van der Waals surface area contributed by atoms with Crippen LogP contribution in [0.1, 0.15) is 25.3 Å². The third-order valence-electron chi connectivity index (χ3n) is 2.98. The van der Waals surface area contributed by atoms with Crippen molar-refractivity contribution in [1.29, 1.82) is 0 Å². The van der Waals surface area contributed by atoms with Crippen LogP contribution in [0.2, 0.25) is 0 Å². The van der Waals surface area contributed by atoms with Gasteiger partial charge in [-0.2, -0.15) is 0 Å². The van der Waals surface area contributed by atoms with Crippen molar-refractivity contribution in [3.05, 3.63) is 35.9 Å². The van der Waals surface area contributed by atoms with Crippen molar-refractivity contribution < 1.29 is 9.90 Å². The monoisotopic (exact) mass is 264 g/mol. The minimum atomic E-state index is 0.0130. The molecule has 1 aromatic rings. The number of carbonyl (C=O) groups is 1. The second-order valence-electron chi connectivity index (χ2n) is 4.87. The number of aliphatic hydroxyl groups excluding tert-OH is 1. The lowest BCUT2D eigenvalue weighted by atomic mass is 10.1. The molecule has 0 aliphatic carbocycles. The fraction of sp³-hybridized carbons (Fsp3) is 0.533. The van der Waals surface area contributed by atoms with E-state index in [1.165, 1.54) is 0 Å². The van der Waals surface area contributed by atoms with Crippen LogP contribution in [0.5, 0.6) is 0 Å². The lowest BCUT2D eigenvalue weighted by molar-refractivity contribution is -0.120. The molecule has 0 aliphatic rings. The van der Waals surface area contributed by atoms with Crippen LogP contribution >= 0.6 is 0 Å². The van der Waals surface area contributed by atoms with Gasteiger partial charge in [0.15, 0.2) is 0 Å². The van der Waals surface area contributed by atoms with E-state index in [4.69, 9.17) is 5.11 Å². The van der Waals surface area contributed by atoms with Gasteiger partial charge in [0.05, 0.1) is 6.54 Å². The Balaban J connectivity index is 2.02. The summed E-state index contributed by atoms with van der Waals surface area (Å²) >= 11 is 0. The Morgan fingerprint density at radius 2 is 2.05 bits per heavy atom. The zero-order chi connectivity index (χ0) is 13.9. The summed E-state index contributed by atoms with van der Waals surface area (Å²) in [5.74, 6) is 0.354. The van der Waals surface area contributed by atoms with E-state index in [2.05, 4.69) is 10.6 Å². The van der Waals surface area contributed by atoms with E-state index in [0.717, 1.165) is 24.9 Å². The third-order valence-corrected chi connectivity index (χ3v) is 2.98. The third kappa shape index (κ3) is 7.59. The van der Waals surface area contributed by atoms with Gasteiger partial charge in [-0.1, -0.05) is 37.3 Å². The summed E-state index contributed by atoms with van der Waals surface area (Å²) in [6.45, 7) is 3.98. The van der Waals surface area contributed by atoms with Gasteiger partial charge in [0.25, 0.3) is 0 Å². The van der Waals surface area contributed by atoms with Crippen molar-refractivity contribution >= 4 is 5.91 Å². The van der Waals surface area contributed by atoms with Crippen LogP contribution in [0.15, 0.2) is 30.3 Å². The number of rotatable bonds is 9. The predicted octanol–water partition coefficient (Wildman–Crippen LogP) is 1.30. The first kappa shape index (κ1) is 15.7. The first-order valence-electron chi connectivity index (χ1n) is 6.84. The van der Waals surface area contributed by atoms with Gasteiger partial charge in [-0.25, -0.2) is 0 Å². The maximum absolute atomic E-state index is 11.6. The van der Waals surface area contributed by atoms with Gasteiger partial charge in [-0.15, -0.1) is 0 Å². The predicted molar refractivity (Wildman–Crippen MR) is 76.6 cm³/mol. The molecule has 1 atom stereocenters. The molecule has 1 amide bonds. The van der Waals surface area contributed by atoms with E-state index < -0.39 is 0 Å². The van der Waals surface area contributed by atoms with E-state index in [-0.39, 0.29) is 12.5 Å². The fourth-order valence-electron chi connectivity index (χ4n) is 1.73. The van der Waals surface area contributed by atoms with E-state index in [1.54, 1.807) is 0 Å². The quantitative estimate of drug-likeness (QED) is 0.589. The molecule has 19 heavy (non-hydrogen) atoms. The van der Waals surface area contributed by atoms with Crippen LogP contribution in [-0.2, 0) is 11.3 Å². The Bertz CT molecular complexity index is 354. The Hall–Kier alpha value is -1.39. The van der Waals surface area contributed by atoms with Gasteiger partial charge >= 0.3 is 0 Å². The summed E-state index contributed by atoms with van der Waals surface area (Å²) < 4.78 is 0. The molecule has 3 N–H and O–H groups in total. The van der Waals surface area contributed by atoms with E-state index in [0.29, 0.717) is 19.0 Å². The van der Waals surface area contributed by atoms with E-state index in [1.807, 2.05) is 37.3 Å². The molecule has 0 aliphatic heterocycles. The first-order valence-corrected chi connectivity index (χ1v) is 6.84. The summed E-state index contributed by atoms with van der Waals surface area (Å²) in [7, 11) is 0. The lowest BCUT2D eigenvalue weighted by Crippen LogP contribution is -2.34. The minimum absolute atomic E-state index is 0.0130. The van der Waals surface area contributed by atoms with Crippen molar-refractivity contribution in [2.45, 2.75) is 26.3 Å². The second kappa shape index (κ2) is 9.53. The molecule has 0 spiro atoms. The van der Waals surface area contributed by atoms with Gasteiger partial charge in [0.2, 0.25) is 5.91 Å². The summed E-state index contributed by atoms with van der Waals surface area (Å²) in [6.07, 6.45) is 1.96. The van der Waals surface area contributed by atoms with Crippen LogP contribution in [0.4, 0.5) is 0 Å². The molecular formula is C15H24N2O2. The summed E-state index contributed by atoms with van der Waals surface area (Å²) in [5, 5.41) is 14.8. The maximum Gasteiger partial charge on any atom is 0.234 e. The van der Waals surface area contributed by atoms with Gasteiger partial charge in [0.1, 0.15) is 0 Å². The number of amides is 1. The summed E-state index contributed by atoms with van der Waals surface area (Å²) in [5.41, 5.74) is 1.10. The van der Waals surface area contributed by atoms with E-state index >= 15 is 0 Å². The molecule has 0 saturated heterocycles. The minimum Gasteiger partial charge on any atom is -0.396 e. The molecule has 0 heterocycles. The Morgan fingerprint density at radius 1 is 1.32 bits per heavy atom.